The van der Waals surface area contributed by atoms with Gasteiger partial charge in [0.2, 0.25) is 5.96 Å². The molecule has 1 atom stereocenters. The number of sulfonamides is 1. The molecule has 35 heavy (non-hydrogen) atoms. The lowest BCUT2D eigenvalue weighted by molar-refractivity contribution is -0.137. The third-order valence-corrected chi connectivity index (χ3v) is 6.94. The molecule has 0 fully saturated rings. The Kier molecular flexibility index (Phi) is 6.86. The number of rotatable bonds is 4. The molecule has 0 amide bonds. The van der Waals surface area contributed by atoms with Gasteiger partial charge >= 0.3 is 6.18 Å². The fourth-order valence-electron chi connectivity index (χ4n) is 3.67. The normalized spacial score (nSPS) is 16.8. The van der Waals surface area contributed by atoms with Gasteiger partial charge in [-0.1, -0.05) is 54.1 Å². The molecular formula is C24H20ClF3N4O2S. The molecule has 0 saturated carbocycles. The van der Waals surface area contributed by atoms with E-state index in [-0.39, 0.29) is 16.8 Å². The van der Waals surface area contributed by atoms with E-state index >= 15 is 0 Å². The van der Waals surface area contributed by atoms with Gasteiger partial charge in [-0.3, -0.25) is 0 Å². The molecule has 182 valence electrons. The van der Waals surface area contributed by atoms with Crippen molar-refractivity contribution in [1.82, 2.24) is 10.3 Å². The van der Waals surface area contributed by atoms with Crippen molar-refractivity contribution in [1.29, 1.82) is 0 Å². The minimum Gasteiger partial charge on any atom is -0.357 e. The number of hydrogen-bond acceptors (Lipinski definition) is 3. The predicted molar refractivity (Wildman–Crippen MR) is 129 cm³/mol. The van der Waals surface area contributed by atoms with Gasteiger partial charge in [-0.25, -0.2) is 5.01 Å². The lowest BCUT2D eigenvalue weighted by atomic mass is 9.91. The topological polar surface area (TPSA) is 74.1 Å². The van der Waals surface area contributed by atoms with Gasteiger partial charge in [-0.15, -0.1) is 4.40 Å². The summed E-state index contributed by atoms with van der Waals surface area (Å²) in [5, 5.41) is 9.39. The molecule has 1 aliphatic heterocycles. The second-order valence-electron chi connectivity index (χ2n) is 7.70. The van der Waals surface area contributed by atoms with Gasteiger partial charge in [0.15, 0.2) is 0 Å². The van der Waals surface area contributed by atoms with Crippen LogP contribution in [0.2, 0.25) is 5.02 Å². The quantitative estimate of drug-likeness (QED) is 0.382. The smallest absolute Gasteiger partial charge is 0.357 e. The molecule has 0 radical (unpaired) electrons. The summed E-state index contributed by atoms with van der Waals surface area (Å²) in [6.45, 7) is 0.296. The summed E-state index contributed by atoms with van der Waals surface area (Å²) < 4.78 is 68.1. The van der Waals surface area contributed by atoms with Gasteiger partial charge in [-0.2, -0.15) is 26.7 Å². The van der Waals surface area contributed by atoms with Crippen molar-refractivity contribution in [2.24, 2.45) is 9.50 Å². The van der Waals surface area contributed by atoms with Crippen LogP contribution in [0, 0.1) is 0 Å². The molecule has 6 nitrogen and oxygen atoms in total. The van der Waals surface area contributed by atoms with Gasteiger partial charge in [0.05, 0.1) is 22.7 Å². The summed E-state index contributed by atoms with van der Waals surface area (Å²) in [6, 6.07) is 19.9. The first kappa shape index (κ1) is 24.7. The van der Waals surface area contributed by atoms with Crippen molar-refractivity contribution in [2.45, 2.75) is 17.0 Å². The number of alkyl halides is 3. The molecule has 3 aromatic rings. The fourth-order valence-corrected chi connectivity index (χ4v) is 4.79. The van der Waals surface area contributed by atoms with Crippen LogP contribution in [0.5, 0.6) is 0 Å². The SMILES string of the molecule is CN/C(=N/S(=O)(=O)c1ccc(C(F)(F)F)cc1)N1C[C@H](c2ccccc2)C(c2ccc(Cl)cc2)=N1. The van der Waals surface area contributed by atoms with E-state index in [9.17, 15) is 21.6 Å². The first-order valence-corrected chi connectivity index (χ1v) is 12.3. The number of hydrazone groups is 1. The van der Waals surface area contributed by atoms with E-state index < -0.39 is 21.8 Å². The first-order chi connectivity index (χ1) is 16.6. The van der Waals surface area contributed by atoms with E-state index in [1.165, 1.54) is 12.1 Å². The average molecular weight is 521 g/mol. The van der Waals surface area contributed by atoms with Crippen LogP contribution in [0.15, 0.2) is 93.3 Å². The average Bonchev–Trinajstić information content (AvgIpc) is 3.28. The van der Waals surface area contributed by atoms with Crippen molar-refractivity contribution in [3.8, 4) is 0 Å². The van der Waals surface area contributed by atoms with Crippen molar-refractivity contribution in [3.05, 3.63) is 101 Å². The molecular weight excluding hydrogens is 501 g/mol. The highest BCUT2D eigenvalue weighted by Gasteiger charge is 2.33. The molecule has 0 spiro atoms. The summed E-state index contributed by atoms with van der Waals surface area (Å²) in [6.07, 6.45) is -4.57. The molecule has 0 saturated heterocycles. The van der Waals surface area contributed by atoms with Crippen LogP contribution >= 0.6 is 11.6 Å². The van der Waals surface area contributed by atoms with E-state index in [0.717, 1.165) is 23.3 Å². The van der Waals surface area contributed by atoms with Crippen LogP contribution in [0.1, 0.15) is 22.6 Å². The largest absolute Gasteiger partial charge is 0.416 e. The van der Waals surface area contributed by atoms with Gasteiger partial charge in [0, 0.05) is 18.0 Å². The highest BCUT2D eigenvalue weighted by Crippen LogP contribution is 2.31. The number of guanidine groups is 1. The molecule has 11 heteroatoms. The van der Waals surface area contributed by atoms with Crippen LogP contribution in [-0.4, -0.2) is 38.7 Å². The monoisotopic (exact) mass is 520 g/mol. The minimum absolute atomic E-state index is 0.0604. The summed E-state index contributed by atoms with van der Waals surface area (Å²) in [5.41, 5.74) is 1.54. The zero-order valence-electron chi connectivity index (χ0n) is 18.4. The van der Waals surface area contributed by atoms with Crippen LogP contribution in [0.4, 0.5) is 13.2 Å². The molecule has 1 N–H and O–H groups in total. The highest BCUT2D eigenvalue weighted by molar-refractivity contribution is 7.90. The molecule has 0 unspecified atom stereocenters. The molecule has 0 aromatic heterocycles. The molecule has 4 rings (SSSR count). The Bertz CT molecular complexity index is 1360. The summed E-state index contributed by atoms with van der Waals surface area (Å²) >= 11 is 6.03. The van der Waals surface area contributed by atoms with Crippen molar-refractivity contribution in [2.75, 3.05) is 13.6 Å². The van der Waals surface area contributed by atoms with Gasteiger partial charge in [-0.05, 0) is 47.5 Å². The second kappa shape index (κ2) is 9.71. The Labute approximate surface area is 205 Å². The third kappa shape index (κ3) is 5.49. The maximum Gasteiger partial charge on any atom is 0.416 e. The van der Waals surface area contributed by atoms with Crippen molar-refractivity contribution in [3.63, 3.8) is 0 Å². The van der Waals surface area contributed by atoms with E-state index in [4.69, 9.17) is 11.6 Å². The zero-order valence-corrected chi connectivity index (χ0v) is 19.9. The second-order valence-corrected chi connectivity index (χ2v) is 9.74. The Hall–Kier alpha value is -3.37. The highest BCUT2D eigenvalue weighted by atomic mass is 35.5. The molecule has 0 aliphatic carbocycles. The van der Waals surface area contributed by atoms with Gasteiger partial charge in [0.25, 0.3) is 10.0 Å². The van der Waals surface area contributed by atoms with Crippen molar-refractivity contribution < 1.29 is 21.6 Å². The molecule has 3 aromatic carbocycles. The number of nitrogens with one attached hydrogen (secondary N) is 1. The summed E-state index contributed by atoms with van der Waals surface area (Å²) in [5.74, 6) is -0.250. The molecule has 0 bridgehead atoms. The van der Waals surface area contributed by atoms with E-state index in [0.29, 0.717) is 29.4 Å². The number of halogens is 4. The first-order valence-electron chi connectivity index (χ1n) is 10.5. The Morgan fingerprint density at radius 1 is 1.03 bits per heavy atom. The minimum atomic E-state index is -4.57. The van der Waals surface area contributed by atoms with Crippen LogP contribution in [-0.2, 0) is 16.2 Å². The summed E-state index contributed by atoms with van der Waals surface area (Å²) in [7, 11) is -2.82. The Balaban J connectivity index is 1.70. The zero-order chi connectivity index (χ0) is 25.2. The van der Waals surface area contributed by atoms with Crippen molar-refractivity contribution >= 4 is 33.3 Å². The standard InChI is InChI=1S/C24H20ClF3N4O2S/c1-29-23(31-35(33,34)20-13-9-18(10-14-20)24(26,27)28)32-15-21(16-5-3-2-4-6-16)22(30-32)17-7-11-19(25)12-8-17/h2-14,21H,15H2,1H3,(H,29,31)/t21-/m1/s1. The maximum absolute atomic E-state index is 12.9. The number of hydrogen-bond donors (Lipinski definition) is 1. The Morgan fingerprint density at radius 2 is 1.66 bits per heavy atom. The Morgan fingerprint density at radius 3 is 2.23 bits per heavy atom. The van der Waals surface area contributed by atoms with Gasteiger partial charge < -0.3 is 5.32 Å². The lowest BCUT2D eigenvalue weighted by Crippen LogP contribution is -2.36. The summed E-state index contributed by atoms with van der Waals surface area (Å²) in [4.78, 5) is -0.362. The molecule has 1 aliphatic rings. The number of benzene rings is 3. The van der Waals surface area contributed by atoms with Crippen LogP contribution < -0.4 is 5.32 Å². The fraction of sp³-hybridized carbons (Fsp3) is 0.167. The third-order valence-electron chi connectivity index (χ3n) is 5.41. The molecule has 1 heterocycles. The van der Waals surface area contributed by atoms with Crippen LogP contribution in [0.3, 0.4) is 0 Å². The van der Waals surface area contributed by atoms with E-state index in [2.05, 4.69) is 14.8 Å². The number of nitrogens with zero attached hydrogens (tertiary/aromatic N) is 3. The van der Waals surface area contributed by atoms with Gasteiger partial charge in [0.1, 0.15) is 0 Å². The van der Waals surface area contributed by atoms with Crippen LogP contribution in [0.25, 0.3) is 0 Å². The van der Waals surface area contributed by atoms with E-state index in [1.807, 2.05) is 42.5 Å². The lowest BCUT2D eigenvalue weighted by Gasteiger charge is -2.18. The van der Waals surface area contributed by atoms with E-state index in [1.54, 1.807) is 12.1 Å². The maximum atomic E-state index is 12.9. The predicted octanol–water partition coefficient (Wildman–Crippen LogP) is 5.13.